The van der Waals surface area contributed by atoms with E-state index in [1.165, 1.54) is 18.3 Å². The van der Waals surface area contributed by atoms with E-state index < -0.39 is 0 Å². The number of halogens is 1. The summed E-state index contributed by atoms with van der Waals surface area (Å²) >= 11 is 0. The van der Waals surface area contributed by atoms with Crippen LogP contribution in [0, 0.1) is 5.82 Å². The van der Waals surface area contributed by atoms with Crippen molar-refractivity contribution in [3.05, 3.63) is 41.8 Å². The van der Waals surface area contributed by atoms with Crippen LogP contribution in [-0.4, -0.2) is 46.8 Å². The van der Waals surface area contributed by atoms with Crippen LogP contribution < -0.4 is 0 Å². The first-order valence-electron chi connectivity index (χ1n) is 7.89. The van der Waals surface area contributed by atoms with Gasteiger partial charge in [-0.3, -0.25) is 9.89 Å². The first-order valence-corrected chi connectivity index (χ1v) is 7.89. The number of benzene rings is 1. The number of likely N-dealkylation sites (N-methyl/N-ethyl adjacent to an activating group) is 1. The summed E-state index contributed by atoms with van der Waals surface area (Å²) in [5, 5.41) is 6.84. The van der Waals surface area contributed by atoms with Crippen molar-refractivity contribution in [1.82, 2.24) is 15.1 Å². The highest BCUT2D eigenvalue weighted by molar-refractivity contribution is 5.99. The second-order valence-electron chi connectivity index (χ2n) is 5.64. The predicted molar refractivity (Wildman–Crippen MR) is 84.5 cm³/mol. The first kappa shape index (κ1) is 15.7. The van der Waals surface area contributed by atoms with Crippen LogP contribution in [-0.2, 0) is 4.74 Å². The molecule has 1 aliphatic rings. The molecule has 2 aromatic rings. The fourth-order valence-electron chi connectivity index (χ4n) is 2.85. The Kier molecular flexibility index (Phi) is 4.71. The van der Waals surface area contributed by atoms with Gasteiger partial charge in [0.1, 0.15) is 5.82 Å². The summed E-state index contributed by atoms with van der Waals surface area (Å²) in [4.78, 5) is 14.6. The van der Waals surface area contributed by atoms with Crippen LogP contribution in [0.1, 0.15) is 30.1 Å². The largest absolute Gasteiger partial charge is 0.376 e. The summed E-state index contributed by atoms with van der Waals surface area (Å²) in [5.74, 6) is -0.397. The molecule has 122 valence electrons. The second-order valence-corrected chi connectivity index (χ2v) is 5.64. The second kappa shape index (κ2) is 6.91. The number of rotatable bonds is 5. The topological polar surface area (TPSA) is 58.2 Å². The van der Waals surface area contributed by atoms with E-state index in [9.17, 15) is 9.18 Å². The number of carbonyl (C=O) groups is 1. The Balaban J connectivity index is 1.81. The van der Waals surface area contributed by atoms with E-state index in [0.717, 1.165) is 25.0 Å². The third-order valence-electron chi connectivity index (χ3n) is 4.12. The monoisotopic (exact) mass is 317 g/mol. The lowest BCUT2D eigenvalue weighted by molar-refractivity contribution is 0.0540. The van der Waals surface area contributed by atoms with Gasteiger partial charge in [-0.05, 0) is 44.0 Å². The third kappa shape index (κ3) is 3.42. The van der Waals surface area contributed by atoms with Gasteiger partial charge in [0.2, 0.25) is 0 Å². The molecular formula is C17H20FN3O2. The maximum Gasteiger partial charge on any atom is 0.257 e. The zero-order valence-corrected chi connectivity index (χ0v) is 13.1. The number of aromatic nitrogens is 2. The van der Waals surface area contributed by atoms with Gasteiger partial charge in [-0.25, -0.2) is 4.39 Å². The number of hydrogen-bond donors (Lipinski definition) is 1. The van der Waals surface area contributed by atoms with Crippen molar-refractivity contribution in [1.29, 1.82) is 0 Å². The summed E-state index contributed by atoms with van der Waals surface area (Å²) in [5.41, 5.74) is 1.85. The summed E-state index contributed by atoms with van der Waals surface area (Å²) in [6.07, 6.45) is 3.67. The molecule has 2 heterocycles. The molecule has 0 saturated carbocycles. The zero-order chi connectivity index (χ0) is 16.2. The molecule has 1 aliphatic heterocycles. The number of nitrogens with one attached hydrogen (secondary N) is 1. The number of hydrogen-bond acceptors (Lipinski definition) is 3. The molecule has 5 nitrogen and oxygen atoms in total. The molecule has 6 heteroatoms. The lowest BCUT2D eigenvalue weighted by atomic mass is 10.1. The van der Waals surface area contributed by atoms with Gasteiger partial charge in [0.05, 0.1) is 23.6 Å². The highest BCUT2D eigenvalue weighted by Crippen LogP contribution is 2.23. The van der Waals surface area contributed by atoms with Gasteiger partial charge >= 0.3 is 0 Å². The van der Waals surface area contributed by atoms with Crippen molar-refractivity contribution in [3.63, 3.8) is 0 Å². The Morgan fingerprint density at radius 1 is 1.43 bits per heavy atom. The molecule has 1 saturated heterocycles. The fraction of sp³-hybridized carbons (Fsp3) is 0.412. The van der Waals surface area contributed by atoms with E-state index in [2.05, 4.69) is 10.2 Å². The number of ether oxygens (including phenoxy) is 1. The van der Waals surface area contributed by atoms with E-state index in [4.69, 9.17) is 4.74 Å². The van der Waals surface area contributed by atoms with Crippen molar-refractivity contribution in [2.24, 2.45) is 0 Å². The van der Waals surface area contributed by atoms with Crippen molar-refractivity contribution < 1.29 is 13.9 Å². The number of carbonyl (C=O) groups excluding carboxylic acids is 1. The lowest BCUT2D eigenvalue weighted by Gasteiger charge is -2.24. The molecule has 1 aromatic heterocycles. The average Bonchev–Trinajstić information content (AvgIpc) is 3.24. The summed E-state index contributed by atoms with van der Waals surface area (Å²) in [6, 6.07) is 6.01. The third-order valence-corrected chi connectivity index (χ3v) is 4.12. The van der Waals surface area contributed by atoms with Gasteiger partial charge in [-0.2, -0.15) is 5.10 Å². The van der Waals surface area contributed by atoms with Crippen LogP contribution in [0.25, 0.3) is 11.3 Å². The fourth-order valence-corrected chi connectivity index (χ4v) is 2.85. The highest BCUT2D eigenvalue weighted by Gasteiger charge is 2.25. The van der Waals surface area contributed by atoms with E-state index in [1.54, 1.807) is 17.0 Å². The quantitative estimate of drug-likeness (QED) is 0.922. The molecule has 1 N–H and O–H groups in total. The van der Waals surface area contributed by atoms with Gasteiger partial charge in [0.15, 0.2) is 0 Å². The van der Waals surface area contributed by atoms with Crippen molar-refractivity contribution >= 4 is 5.91 Å². The first-order chi connectivity index (χ1) is 11.2. The average molecular weight is 317 g/mol. The Labute approximate surface area is 134 Å². The van der Waals surface area contributed by atoms with Crippen LogP contribution in [0.5, 0.6) is 0 Å². The smallest absolute Gasteiger partial charge is 0.257 e. The Morgan fingerprint density at radius 2 is 2.22 bits per heavy atom. The zero-order valence-electron chi connectivity index (χ0n) is 13.1. The molecule has 3 rings (SSSR count). The van der Waals surface area contributed by atoms with Crippen LogP contribution >= 0.6 is 0 Å². The van der Waals surface area contributed by atoms with Crippen molar-refractivity contribution in [2.45, 2.75) is 25.9 Å². The molecule has 1 aromatic carbocycles. The van der Waals surface area contributed by atoms with E-state index in [1.807, 2.05) is 6.92 Å². The SMILES string of the molecule is CCN(C[C@H]1CCCO1)C(=O)c1cn[nH]c1-c1ccc(F)cc1. The van der Waals surface area contributed by atoms with Crippen LogP contribution in [0.15, 0.2) is 30.5 Å². The van der Waals surface area contributed by atoms with E-state index in [-0.39, 0.29) is 17.8 Å². The van der Waals surface area contributed by atoms with E-state index in [0.29, 0.717) is 24.3 Å². The van der Waals surface area contributed by atoms with Crippen molar-refractivity contribution in [2.75, 3.05) is 19.7 Å². The van der Waals surface area contributed by atoms with Gasteiger partial charge in [0.25, 0.3) is 5.91 Å². The number of nitrogens with zero attached hydrogens (tertiary/aromatic N) is 2. The van der Waals surface area contributed by atoms with Gasteiger partial charge < -0.3 is 9.64 Å². The molecular weight excluding hydrogens is 297 g/mol. The number of amides is 1. The normalized spacial score (nSPS) is 17.4. The Morgan fingerprint density at radius 3 is 2.87 bits per heavy atom. The Bertz CT molecular complexity index is 663. The van der Waals surface area contributed by atoms with Crippen molar-refractivity contribution in [3.8, 4) is 11.3 Å². The summed E-state index contributed by atoms with van der Waals surface area (Å²) in [6.45, 7) is 3.91. The van der Waals surface area contributed by atoms with E-state index >= 15 is 0 Å². The molecule has 23 heavy (non-hydrogen) atoms. The molecule has 1 atom stereocenters. The minimum Gasteiger partial charge on any atom is -0.376 e. The number of aromatic amines is 1. The highest BCUT2D eigenvalue weighted by atomic mass is 19.1. The molecule has 0 radical (unpaired) electrons. The molecule has 0 unspecified atom stereocenters. The van der Waals surface area contributed by atoms with Crippen LogP contribution in [0.3, 0.4) is 0 Å². The molecule has 0 aliphatic carbocycles. The molecule has 1 amide bonds. The molecule has 0 spiro atoms. The van der Waals surface area contributed by atoms with Crippen LogP contribution in [0.2, 0.25) is 0 Å². The minimum atomic E-state index is -0.310. The maximum absolute atomic E-state index is 13.1. The Hall–Kier alpha value is -2.21. The molecule has 0 bridgehead atoms. The van der Waals surface area contributed by atoms with Gasteiger partial charge in [-0.15, -0.1) is 0 Å². The summed E-state index contributed by atoms with van der Waals surface area (Å²) in [7, 11) is 0. The van der Waals surface area contributed by atoms with Gasteiger partial charge in [-0.1, -0.05) is 0 Å². The predicted octanol–water partition coefficient (Wildman–Crippen LogP) is 2.86. The molecule has 1 fully saturated rings. The standard InChI is InChI=1S/C17H20FN3O2/c1-2-21(11-14-4-3-9-23-14)17(22)15-10-19-20-16(15)12-5-7-13(18)8-6-12/h5-8,10,14H,2-4,9,11H2,1H3,(H,19,20)/t14-/m1/s1. The minimum absolute atomic E-state index is 0.0870. The summed E-state index contributed by atoms with van der Waals surface area (Å²) < 4.78 is 18.7. The van der Waals surface area contributed by atoms with Crippen LogP contribution in [0.4, 0.5) is 4.39 Å². The van der Waals surface area contributed by atoms with Gasteiger partial charge in [0, 0.05) is 25.3 Å². The maximum atomic E-state index is 13.1. The lowest BCUT2D eigenvalue weighted by Crippen LogP contribution is -2.37. The number of H-pyrrole nitrogens is 1.